The number of sulfonamides is 1. The Morgan fingerprint density at radius 1 is 1.15 bits per heavy atom. The first-order valence-corrected chi connectivity index (χ1v) is 11.8. The van der Waals surface area contributed by atoms with E-state index in [1.807, 2.05) is 0 Å². The van der Waals surface area contributed by atoms with Crippen molar-refractivity contribution in [1.82, 2.24) is 4.72 Å². The van der Waals surface area contributed by atoms with E-state index in [1.165, 1.54) is 31.5 Å². The summed E-state index contributed by atoms with van der Waals surface area (Å²) in [7, 11) is -2.50. The average molecular weight is 481 g/mol. The molecule has 0 aliphatic heterocycles. The topological polar surface area (TPSA) is 117 Å². The zero-order valence-electron chi connectivity index (χ0n) is 18.5. The molecule has 0 aliphatic carbocycles. The van der Waals surface area contributed by atoms with E-state index in [9.17, 15) is 17.9 Å². The second kappa shape index (κ2) is 11.0. The molecule has 34 heavy (non-hydrogen) atoms. The van der Waals surface area contributed by atoms with E-state index >= 15 is 0 Å². The van der Waals surface area contributed by atoms with Gasteiger partial charge in [0.25, 0.3) is 0 Å². The molecule has 176 valence electrons. The van der Waals surface area contributed by atoms with Gasteiger partial charge in [0.15, 0.2) is 0 Å². The molecule has 0 spiro atoms. The number of rotatable bonds is 9. The minimum atomic E-state index is -4.00. The quantitative estimate of drug-likeness (QED) is 0.321. The van der Waals surface area contributed by atoms with Crippen molar-refractivity contribution < 1.29 is 17.9 Å². The summed E-state index contributed by atoms with van der Waals surface area (Å²) in [6.07, 6.45) is 0.255. The monoisotopic (exact) mass is 480 g/mol. The van der Waals surface area contributed by atoms with Crippen molar-refractivity contribution in [2.24, 2.45) is 15.7 Å². The van der Waals surface area contributed by atoms with Crippen molar-refractivity contribution in [2.45, 2.75) is 11.0 Å². The number of nitrogens with zero attached hydrogens (tertiary/aromatic N) is 2. The van der Waals surface area contributed by atoms with Crippen molar-refractivity contribution in [1.29, 1.82) is 0 Å². The van der Waals surface area contributed by atoms with Crippen LogP contribution in [0.4, 0.5) is 4.39 Å². The summed E-state index contributed by atoms with van der Waals surface area (Å²) in [4.78, 5) is 7.71. The number of amidine groups is 1. The first kappa shape index (κ1) is 25.0. The number of aliphatic hydroxyl groups is 1. The smallest absolute Gasteiger partial charge is 0.241 e. The summed E-state index contributed by atoms with van der Waals surface area (Å²) >= 11 is 0. The van der Waals surface area contributed by atoms with Crippen molar-refractivity contribution >= 4 is 27.8 Å². The molecule has 0 aromatic heterocycles. The van der Waals surface area contributed by atoms with Gasteiger partial charge < -0.3 is 10.8 Å². The lowest BCUT2D eigenvalue weighted by Crippen LogP contribution is -2.29. The molecule has 1 atom stereocenters. The largest absolute Gasteiger partial charge is 0.387 e. The molecule has 0 bridgehead atoms. The van der Waals surface area contributed by atoms with Gasteiger partial charge >= 0.3 is 0 Å². The molecule has 0 radical (unpaired) electrons. The Kier molecular flexibility index (Phi) is 8.06. The Bertz CT molecular complexity index is 1340. The lowest BCUT2D eigenvalue weighted by molar-refractivity contribution is 0.182. The van der Waals surface area contributed by atoms with E-state index in [0.29, 0.717) is 16.7 Å². The Labute approximate surface area is 198 Å². The Balaban J connectivity index is 1.86. The number of aliphatic imine (C=N–C) groups is 2. The van der Waals surface area contributed by atoms with Gasteiger partial charge in [-0.2, -0.15) is 0 Å². The van der Waals surface area contributed by atoms with E-state index in [4.69, 9.17) is 5.73 Å². The minimum absolute atomic E-state index is 0.0359. The van der Waals surface area contributed by atoms with Crippen LogP contribution in [-0.2, 0) is 10.0 Å². The van der Waals surface area contributed by atoms with Gasteiger partial charge in [-0.1, -0.05) is 61.2 Å². The van der Waals surface area contributed by atoms with Crippen LogP contribution in [0.5, 0.6) is 0 Å². The maximum absolute atomic E-state index is 14.9. The van der Waals surface area contributed by atoms with Crippen molar-refractivity contribution in [3.63, 3.8) is 0 Å². The third-order valence-corrected chi connectivity index (χ3v) is 6.51. The van der Waals surface area contributed by atoms with Gasteiger partial charge in [-0.15, -0.1) is 0 Å². The van der Waals surface area contributed by atoms with Crippen LogP contribution in [0.3, 0.4) is 0 Å². The summed E-state index contributed by atoms with van der Waals surface area (Å²) in [5, 5.41) is 10.3. The van der Waals surface area contributed by atoms with Gasteiger partial charge in [0.1, 0.15) is 11.7 Å². The fourth-order valence-corrected chi connectivity index (χ4v) is 4.45. The molecule has 0 saturated heterocycles. The normalized spacial score (nSPS) is 13.2. The van der Waals surface area contributed by atoms with Crippen LogP contribution in [0.2, 0.25) is 0 Å². The van der Waals surface area contributed by atoms with E-state index < -0.39 is 21.9 Å². The van der Waals surface area contributed by atoms with Crippen LogP contribution >= 0.6 is 0 Å². The zero-order valence-corrected chi connectivity index (χ0v) is 19.3. The second-order valence-corrected chi connectivity index (χ2v) is 9.06. The summed E-state index contributed by atoms with van der Waals surface area (Å²) in [6, 6.07) is 19.3. The predicted molar refractivity (Wildman–Crippen MR) is 133 cm³/mol. The highest BCUT2D eigenvalue weighted by Crippen LogP contribution is 2.30. The number of nitrogens with two attached hydrogens (primary N) is 1. The van der Waals surface area contributed by atoms with Gasteiger partial charge in [-0.05, 0) is 29.3 Å². The Hall–Kier alpha value is -3.66. The van der Waals surface area contributed by atoms with Crippen LogP contribution < -0.4 is 10.5 Å². The molecule has 3 rings (SSSR count). The number of nitrogens with one attached hydrogen (secondary N) is 1. The standard InChI is InChI=1S/C25H25FN4O3S/c1-17(29-16-25(27)28-2)20-13-12-19(14-22(20)26)21-10-6-7-11-24(21)34(32,33)30-15-23(31)18-8-4-3-5-9-18/h3-14,16,23,30-31H,1,15H2,2H3,(H2,27,28). The molecule has 3 aromatic rings. The van der Waals surface area contributed by atoms with E-state index in [1.54, 1.807) is 54.6 Å². The molecule has 0 heterocycles. The molecule has 0 fully saturated rings. The van der Waals surface area contributed by atoms with E-state index in [-0.39, 0.29) is 28.5 Å². The van der Waals surface area contributed by atoms with Gasteiger partial charge in [0.2, 0.25) is 10.0 Å². The lowest BCUT2D eigenvalue weighted by Gasteiger charge is -2.15. The van der Waals surface area contributed by atoms with Gasteiger partial charge in [-0.25, -0.2) is 17.5 Å². The molecule has 7 nitrogen and oxygen atoms in total. The van der Waals surface area contributed by atoms with E-state index in [0.717, 1.165) is 0 Å². The maximum Gasteiger partial charge on any atom is 0.241 e. The van der Waals surface area contributed by atoms with Crippen molar-refractivity contribution in [2.75, 3.05) is 13.6 Å². The molecule has 9 heteroatoms. The first-order valence-electron chi connectivity index (χ1n) is 10.3. The highest BCUT2D eigenvalue weighted by atomic mass is 32.2. The molecule has 1 unspecified atom stereocenters. The van der Waals surface area contributed by atoms with Gasteiger partial charge in [0, 0.05) is 24.7 Å². The summed E-state index contributed by atoms with van der Waals surface area (Å²) in [5.74, 6) is -0.450. The molecule has 0 aliphatic rings. The summed E-state index contributed by atoms with van der Waals surface area (Å²) in [5.41, 5.74) is 7.11. The first-order chi connectivity index (χ1) is 16.2. The van der Waals surface area contributed by atoms with Crippen LogP contribution in [0, 0.1) is 5.82 Å². The number of hydrogen-bond donors (Lipinski definition) is 3. The molecule has 4 N–H and O–H groups in total. The fourth-order valence-electron chi connectivity index (χ4n) is 3.19. The zero-order chi connectivity index (χ0) is 24.7. The van der Waals surface area contributed by atoms with E-state index in [2.05, 4.69) is 21.3 Å². The molecular formula is C25H25FN4O3S. The van der Waals surface area contributed by atoms with Gasteiger partial charge in [-0.3, -0.25) is 9.98 Å². The van der Waals surface area contributed by atoms with Crippen LogP contribution in [0.15, 0.2) is 94.3 Å². The Morgan fingerprint density at radius 3 is 2.50 bits per heavy atom. The SMILES string of the molecule is C=C(N=CC(N)=NC)c1ccc(-c2ccccc2S(=O)(=O)NCC(O)c2ccccc2)cc1F. The number of hydrogen-bond acceptors (Lipinski definition) is 5. The third-order valence-electron chi connectivity index (χ3n) is 5.03. The van der Waals surface area contributed by atoms with Crippen LogP contribution in [-0.4, -0.2) is 39.2 Å². The summed E-state index contributed by atoms with van der Waals surface area (Å²) in [6.45, 7) is 3.53. The number of benzene rings is 3. The lowest BCUT2D eigenvalue weighted by atomic mass is 10.0. The molecule has 0 saturated carbocycles. The fraction of sp³-hybridized carbons (Fsp3) is 0.120. The third kappa shape index (κ3) is 6.02. The molecule has 3 aromatic carbocycles. The Morgan fingerprint density at radius 2 is 1.82 bits per heavy atom. The van der Waals surface area contributed by atoms with Crippen molar-refractivity contribution in [3.8, 4) is 11.1 Å². The van der Waals surface area contributed by atoms with Crippen LogP contribution in [0.25, 0.3) is 16.8 Å². The molecular weight excluding hydrogens is 455 g/mol. The highest BCUT2D eigenvalue weighted by Gasteiger charge is 2.21. The maximum atomic E-state index is 14.9. The highest BCUT2D eigenvalue weighted by molar-refractivity contribution is 7.89. The average Bonchev–Trinajstić information content (AvgIpc) is 2.86. The van der Waals surface area contributed by atoms with Crippen molar-refractivity contribution in [3.05, 3.63) is 96.3 Å². The number of halogens is 1. The second-order valence-electron chi connectivity index (χ2n) is 7.32. The van der Waals surface area contributed by atoms with Gasteiger partial charge in [0.05, 0.1) is 22.9 Å². The predicted octanol–water partition coefficient (Wildman–Crippen LogP) is 3.53. The number of aliphatic hydroxyl groups excluding tert-OH is 1. The minimum Gasteiger partial charge on any atom is -0.387 e. The summed E-state index contributed by atoms with van der Waals surface area (Å²) < 4.78 is 43.4. The van der Waals surface area contributed by atoms with Crippen LogP contribution in [0.1, 0.15) is 17.2 Å². The molecule has 0 amide bonds.